The number of amides is 1. The van der Waals surface area contributed by atoms with E-state index in [-0.39, 0.29) is 30.8 Å². The van der Waals surface area contributed by atoms with Crippen LogP contribution in [0.1, 0.15) is 56.8 Å². The predicted octanol–water partition coefficient (Wildman–Crippen LogP) is 2.71. The SMILES string of the molecule is CCOc1ccc([C@H]2C[C@@H](NC(C)=O)[C@@H]3CCC[C@H]3O2)cc1CO. The molecule has 1 heterocycles. The Bertz CT molecular complexity index is 589. The van der Waals surface area contributed by atoms with Crippen molar-refractivity contribution >= 4 is 5.91 Å². The fourth-order valence-corrected chi connectivity index (χ4v) is 4.12. The molecule has 1 amide bonds. The summed E-state index contributed by atoms with van der Waals surface area (Å²) in [7, 11) is 0. The summed E-state index contributed by atoms with van der Waals surface area (Å²) >= 11 is 0. The summed E-state index contributed by atoms with van der Waals surface area (Å²) in [5.74, 6) is 1.16. The van der Waals surface area contributed by atoms with Gasteiger partial charge in [-0.25, -0.2) is 0 Å². The minimum atomic E-state index is -0.0585. The lowest BCUT2D eigenvalue weighted by molar-refractivity contribution is -0.124. The van der Waals surface area contributed by atoms with Gasteiger partial charge in [-0.15, -0.1) is 0 Å². The number of aliphatic hydroxyl groups excluding tert-OH is 1. The van der Waals surface area contributed by atoms with Gasteiger partial charge >= 0.3 is 0 Å². The van der Waals surface area contributed by atoms with Crippen LogP contribution in [0.25, 0.3) is 0 Å². The monoisotopic (exact) mass is 333 g/mol. The smallest absolute Gasteiger partial charge is 0.217 e. The Balaban J connectivity index is 1.81. The maximum Gasteiger partial charge on any atom is 0.217 e. The first kappa shape index (κ1) is 17.2. The van der Waals surface area contributed by atoms with Crippen LogP contribution in [0.2, 0.25) is 0 Å². The molecule has 1 aromatic rings. The van der Waals surface area contributed by atoms with Crippen LogP contribution in [0.5, 0.6) is 5.75 Å². The second-order valence-corrected chi connectivity index (χ2v) is 6.76. The highest BCUT2D eigenvalue weighted by molar-refractivity contribution is 5.73. The fourth-order valence-electron chi connectivity index (χ4n) is 4.12. The Morgan fingerprint density at radius 1 is 1.42 bits per heavy atom. The van der Waals surface area contributed by atoms with E-state index >= 15 is 0 Å². The van der Waals surface area contributed by atoms with Gasteiger partial charge in [-0.1, -0.05) is 12.5 Å². The highest BCUT2D eigenvalue weighted by Crippen LogP contribution is 2.43. The van der Waals surface area contributed by atoms with E-state index < -0.39 is 0 Å². The highest BCUT2D eigenvalue weighted by atomic mass is 16.5. The summed E-state index contributed by atoms with van der Waals surface area (Å²) in [6.07, 6.45) is 4.27. The second-order valence-electron chi connectivity index (χ2n) is 6.76. The van der Waals surface area contributed by atoms with Crippen LogP contribution < -0.4 is 10.1 Å². The molecule has 0 spiro atoms. The number of nitrogens with one attached hydrogen (secondary N) is 1. The Morgan fingerprint density at radius 2 is 2.25 bits per heavy atom. The average molecular weight is 333 g/mol. The number of carbonyl (C=O) groups excluding carboxylic acids is 1. The van der Waals surface area contributed by atoms with E-state index in [4.69, 9.17) is 9.47 Å². The van der Waals surface area contributed by atoms with E-state index in [0.717, 1.165) is 42.6 Å². The lowest BCUT2D eigenvalue weighted by Crippen LogP contribution is -2.47. The second kappa shape index (κ2) is 7.53. The third-order valence-corrected chi connectivity index (χ3v) is 5.14. The van der Waals surface area contributed by atoms with Gasteiger partial charge in [0.15, 0.2) is 0 Å². The van der Waals surface area contributed by atoms with Crippen molar-refractivity contribution in [3.05, 3.63) is 29.3 Å². The molecule has 1 aliphatic heterocycles. The van der Waals surface area contributed by atoms with Crippen molar-refractivity contribution < 1.29 is 19.4 Å². The van der Waals surface area contributed by atoms with Crippen molar-refractivity contribution in [3.63, 3.8) is 0 Å². The fraction of sp³-hybridized carbons (Fsp3) is 0.632. The van der Waals surface area contributed by atoms with E-state index in [1.807, 2.05) is 25.1 Å². The van der Waals surface area contributed by atoms with Gasteiger partial charge < -0.3 is 19.9 Å². The van der Waals surface area contributed by atoms with Crippen molar-refractivity contribution in [2.75, 3.05) is 6.61 Å². The highest BCUT2D eigenvalue weighted by Gasteiger charge is 2.42. The number of hydrogen-bond acceptors (Lipinski definition) is 4. The van der Waals surface area contributed by atoms with Gasteiger partial charge in [-0.3, -0.25) is 4.79 Å². The molecule has 0 radical (unpaired) electrons. The molecule has 1 saturated carbocycles. The Morgan fingerprint density at radius 3 is 2.96 bits per heavy atom. The third-order valence-electron chi connectivity index (χ3n) is 5.14. The minimum Gasteiger partial charge on any atom is -0.494 e. The summed E-state index contributed by atoms with van der Waals surface area (Å²) < 4.78 is 11.9. The molecule has 5 nitrogen and oxygen atoms in total. The first-order valence-electron chi connectivity index (χ1n) is 8.91. The molecule has 5 heteroatoms. The third kappa shape index (κ3) is 3.57. The molecule has 0 bridgehead atoms. The predicted molar refractivity (Wildman–Crippen MR) is 90.7 cm³/mol. The van der Waals surface area contributed by atoms with Crippen LogP contribution >= 0.6 is 0 Å². The molecule has 132 valence electrons. The van der Waals surface area contributed by atoms with Crippen LogP contribution in [-0.2, 0) is 16.1 Å². The number of benzene rings is 1. The molecular formula is C19H27NO4. The van der Waals surface area contributed by atoms with Crippen molar-refractivity contribution in [3.8, 4) is 5.75 Å². The van der Waals surface area contributed by atoms with Gasteiger partial charge in [0.1, 0.15) is 5.75 Å². The standard InChI is InChI=1S/C19H27NO4/c1-3-23-17-8-7-13(9-14(17)11-21)19-10-16(20-12(2)22)15-5-4-6-18(15)24-19/h7-9,15-16,18-19,21H,3-6,10-11H2,1-2H3,(H,20,22)/t15-,16+,18+,19+/m0/s1. The number of aliphatic hydroxyl groups is 1. The first-order valence-corrected chi connectivity index (χ1v) is 8.91. The molecule has 1 aromatic carbocycles. The summed E-state index contributed by atoms with van der Waals surface area (Å²) in [5, 5.41) is 12.7. The molecule has 24 heavy (non-hydrogen) atoms. The van der Waals surface area contributed by atoms with Gasteiger partial charge in [-0.2, -0.15) is 0 Å². The summed E-state index contributed by atoms with van der Waals surface area (Å²) in [6, 6.07) is 6.05. The van der Waals surface area contributed by atoms with E-state index in [9.17, 15) is 9.90 Å². The molecule has 1 saturated heterocycles. The number of carbonyl (C=O) groups is 1. The first-order chi connectivity index (χ1) is 11.6. The van der Waals surface area contributed by atoms with Crippen molar-refractivity contribution in [2.24, 2.45) is 5.92 Å². The zero-order valence-corrected chi connectivity index (χ0v) is 14.5. The van der Waals surface area contributed by atoms with Gasteiger partial charge in [0, 0.05) is 24.4 Å². The van der Waals surface area contributed by atoms with Gasteiger partial charge in [0.25, 0.3) is 0 Å². The molecule has 0 unspecified atom stereocenters. The molecule has 0 aromatic heterocycles. The number of ether oxygens (including phenoxy) is 2. The molecule has 2 fully saturated rings. The van der Waals surface area contributed by atoms with Crippen LogP contribution in [0.15, 0.2) is 18.2 Å². The van der Waals surface area contributed by atoms with Gasteiger partial charge in [0.2, 0.25) is 5.91 Å². The maximum atomic E-state index is 11.6. The van der Waals surface area contributed by atoms with Crippen LogP contribution in [-0.4, -0.2) is 29.8 Å². The number of hydrogen-bond donors (Lipinski definition) is 2. The molecule has 2 N–H and O–H groups in total. The van der Waals surface area contributed by atoms with Crippen LogP contribution in [0.3, 0.4) is 0 Å². The van der Waals surface area contributed by atoms with Crippen molar-refractivity contribution in [1.29, 1.82) is 0 Å². The zero-order chi connectivity index (χ0) is 17.1. The van der Waals surface area contributed by atoms with Crippen molar-refractivity contribution in [2.45, 2.75) is 64.4 Å². The van der Waals surface area contributed by atoms with E-state index in [1.165, 1.54) is 0 Å². The molecular weight excluding hydrogens is 306 g/mol. The van der Waals surface area contributed by atoms with E-state index in [1.54, 1.807) is 6.92 Å². The quantitative estimate of drug-likeness (QED) is 0.869. The number of rotatable bonds is 5. The average Bonchev–Trinajstić information content (AvgIpc) is 3.03. The largest absolute Gasteiger partial charge is 0.494 e. The minimum absolute atomic E-state index is 0.0223. The van der Waals surface area contributed by atoms with Gasteiger partial charge in [0.05, 0.1) is 25.4 Å². The lowest BCUT2D eigenvalue weighted by atomic mass is 9.86. The van der Waals surface area contributed by atoms with Crippen LogP contribution in [0.4, 0.5) is 0 Å². The molecule has 3 rings (SSSR count). The number of fused-ring (bicyclic) bond motifs is 1. The lowest BCUT2D eigenvalue weighted by Gasteiger charge is -2.39. The Kier molecular flexibility index (Phi) is 5.41. The summed E-state index contributed by atoms with van der Waals surface area (Å²) in [5.41, 5.74) is 1.82. The normalized spacial score (nSPS) is 29.1. The summed E-state index contributed by atoms with van der Waals surface area (Å²) in [4.78, 5) is 11.6. The molecule has 4 atom stereocenters. The van der Waals surface area contributed by atoms with E-state index in [0.29, 0.717) is 12.5 Å². The van der Waals surface area contributed by atoms with Crippen LogP contribution in [0, 0.1) is 5.92 Å². The van der Waals surface area contributed by atoms with Gasteiger partial charge in [-0.05, 0) is 43.9 Å². The topological polar surface area (TPSA) is 67.8 Å². The molecule has 2 aliphatic rings. The maximum absolute atomic E-state index is 11.6. The Hall–Kier alpha value is -1.59. The zero-order valence-electron chi connectivity index (χ0n) is 14.5. The molecule has 1 aliphatic carbocycles. The van der Waals surface area contributed by atoms with Crippen molar-refractivity contribution in [1.82, 2.24) is 5.32 Å². The Labute approximate surface area is 143 Å². The van der Waals surface area contributed by atoms with E-state index in [2.05, 4.69) is 5.32 Å². The summed E-state index contributed by atoms with van der Waals surface area (Å²) in [6.45, 7) is 4.02.